The zero-order valence-corrected chi connectivity index (χ0v) is 7.31. The van der Waals surface area contributed by atoms with Crippen LogP contribution < -0.4 is 9.79 Å². The van der Waals surface area contributed by atoms with Crippen LogP contribution in [0.25, 0.3) is 0 Å². The van der Waals surface area contributed by atoms with E-state index < -0.39 is 8.25 Å². The van der Waals surface area contributed by atoms with Gasteiger partial charge in [0.1, 0.15) is 0 Å². The Hall–Kier alpha value is 0.942. The van der Waals surface area contributed by atoms with E-state index in [1.807, 2.05) is 0 Å². The number of rotatable bonds is 0. The van der Waals surface area contributed by atoms with E-state index in [0.29, 0.717) is 0 Å². The maximum Gasteiger partial charge on any atom is 2.00 e. The Morgan fingerprint density at radius 3 is 1.40 bits per heavy atom. The van der Waals surface area contributed by atoms with E-state index in [0.717, 1.165) is 0 Å². The molecule has 24 valence electrons. The van der Waals surface area contributed by atoms with Crippen molar-refractivity contribution in [3.8, 4) is 0 Å². The quantitative estimate of drug-likeness (QED) is 0.341. The van der Waals surface area contributed by atoms with Crippen molar-refractivity contribution in [1.29, 1.82) is 0 Å². The van der Waals surface area contributed by atoms with E-state index in [2.05, 4.69) is 0 Å². The van der Waals surface area contributed by atoms with E-state index in [-0.39, 0.29) is 27.3 Å². The van der Waals surface area contributed by atoms with Crippen molar-refractivity contribution >= 4 is 8.25 Å². The van der Waals surface area contributed by atoms with Gasteiger partial charge in [-0.2, -0.15) is 0 Å². The van der Waals surface area contributed by atoms with Crippen LogP contribution in [0, 0.1) is 0 Å². The minimum absolute atomic E-state index is 0. The van der Waals surface area contributed by atoms with Crippen molar-refractivity contribution in [2.75, 3.05) is 0 Å². The molecule has 0 N–H and O–H groups in total. The summed E-state index contributed by atoms with van der Waals surface area (Å²) in [6.45, 7) is 0. The molecular formula is CdO3P+. The first-order valence-corrected chi connectivity index (χ1v) is 1.64. The molecule has 0 aliphatic carbocycles. The van der Waals surface area contributed by atoms with Crippen LogP contribution in [0.1, 0.15) is 0 Å². The molecule has 0 aliphatic rings. The summed E-state index contributed by atoms with van der Waals surface area (Å²) in [7, 11) is -3.37. The van der Waals surface area contributed by atoms with E-state index in [1.54, 1.807) is 0 Å². The molecule has 0 fully saturated rings. The van der Waals surface area contributed by atoms with Crippen LogP contribution in [0.4, 0.5) is 0 Å². The molecular weight excluding hydrogens is 191 g/mol. The summed E-state index contributed by atoms with van der Waals surface area (Å²) in [5.41, 5.74) is 0. The average molecular weight is 191 g/mol. The Balaban J connectivity index is 0. The van der Waals surface area contributed by atoms with Crippen LogP contribution in [-0.2, 0) is 31.9 Å². The molecule has 0 heterocycles. The summed E-state index contributed by atoms with van der Waals surface area (Å²) >= 11 is 0. The van der Waals surface area contributed by atoms with Crippen molar-refractivity contribution in [1.82, 2.24) is 0 Å². The minimum Gasteiger partial charge on any atom is -0.598 e. The van der Waals surface area contributed by atoms with Gasteiger partial charge in [-0.15, -0.1) is 0 Å². The molecule has 0 aromatic heterocycles. The predicted molar refractivity (Wildman–Crippen MR) is 7.61 cm³/mol. The average Bonchev–Trinajstić information content (AvgIpc) is 0.811. The Bertz CT molecular complexity index is 29.9. The van der Waals surface area contributed by atoms with Crippen molar-refractivity contribution in [3.63, 3.8) is 0 Å². The van der Waals surface area contributed by atoms with Crippen LogP contribution in [0.3, 0.4) is 0 Å². The normalized spacial score (nSPS) is 5.20. The van der Waals surface area contributed by atoms with Gasteiger partial charge in [-0.25, -0.2) is 0 Å². The molecule has 0 aromatic rings. The molecule has 0 spiro atoms. The van der Waals surface area contributed by atoms with Crippen LogP contribution >= 0.6 is 8.25 Å². The third kappa shape index (κ3) is 48.2. The van der Waals surface area contributed by atoms with Gasteiger partial charge in [0.25, 0.3) is 8.25 Å². The molecule has 3 nitrogen and oxygen atoms in total. The summed E-state index contributed by atoms with van der Waals surface area (Å²) < 4.78 is 8.48. The largest absolute Gasteiger partial charge is 2.00 e. The molecule has 0 aliphatic heterocycles. The van der Waals surface area contributed by atoms with Gasteiger partial charge in [0.05, 0.1) is 0 Å². The molecule has 0 saturated carbocycles. The van der Waals surface area contributed by atoms with Gasteiger partial charge in [-0.1, -0.05) is 4.57 Å². The monoisotopic (exact) mass is 193 g/mol. The molecule has 0 bridgehead atoms. The molecule has 0 rings (SSSR count). The van der Waals surface area contributed by atoms with Crippen molar-refractivity contribution in [3.05, 3.63) is 0 Å². The fraction of sp³-hybridized carbons (Fsp3) is 0. The van der Waals surface area contributed by atoms with Gasteiger partial charge < -0.3 is 9.79 Å². The number of hydrogen-bond acceptors (Lipinski definition) is 3. The third-order valence-electron chi connectivity index (χ3n) is 0. The van der Waals surface area contributed by atoms with Crippen LogP contribution in [-0.4, -0.2) is 0 Å². The topological polar surface area (TPSA) is 63.2 Å². The van der Waals surface area contributed by atoms with Crippen molar-refractivity contribution < 1.29 is 41.7 Å². The van der Waals surface area contributed by atoms with Crippen LogP contribution in [0.2, 0.25) is 0 Å². The van der Waals surface area contributed by atoms with Gasteiger partial charge in [-0.3, -0.25) is 0 Å². The Labute approximate surface area is 50.1 Å². The summed E-state index contributed by atoms with van der Waals surface area (Å²) in [6, 6.07) is 0. The Morgan fingerprint density at radius 2 is 1.40 bits per heavy atom. The fourth-order valence-electron chi connectivity index (χ4n) is 0. The predicted octanol–water partition coefficient (Wildman–Crippen LogP) is -1.64. The van der Waals surface area contributed by atoms with E-state index in [4.69, 9.17) is 14.4 Å². The van der Waals surface area contributed by atoms with Crippen molar-refractivity contribution in [2.45, 2.75) is 0 Å². The van der Waals surface area contributed by atoms with Gasteiger partial charge >= 0.3 is 27.3 Å². The summed E-state index contributed by atoms with van der Waals surface area (Å²) in [5.74, 6) is 0. The standard InChI is InChI=1S/Cd.HO3P/c;1-4(2)3/h;(H,1,2,3)/q+2;/p-1. The summed E-state index contributed by atoms with van der Waals surface area (Å²) in [6.07, 6.45) is 0. The first-order chi connectivity index (χ1) is 1.73. The zero-order chi connectivity index (χ0) is 3.58. The molecule has 5 heavy (non-hydrogen) atoms. The Kier molecular flexibility index (Phi) is 9.23. The summed E-state index contributed by atoms with van der Waals surface area (Å²) in [4.78, 5) is 17.0. The van der Waals surface area contributed by atoms with Gasteiger partial charge in [0.15, 0.2) is 0 Å². The van der Waals surface area contributed by atoms with E-state index in [1.165, 1.54) is 0 Å². The second-order valence-electron chi connectivity index (χ2n) is 0.224. The third-order valence-corrected chi connectivity index (χ3v) is 0. The van der Waals surface area contributed by atoms with Gasteiger partial charge in [0.2, 0.25) is 0 Å². The maximum atomic E-state index is 8.48. The Morgan fingerprint density at radius 1 is 1.40 bits per heavy atom. The molecule has 0 atom stereocenters. The molecule has 0 aromatic carbocycles. The van der Waals surface area contributed by atoms with Crippen LogP contribution in [0.15, 0.2) is 0 Å². The van der Waals surface area contributed by atoms with Crippen LogP contribution in [0.5, 0.6) is 0 Å². The minimum atomic E-state index is -3.37. The second kappa shape index (κ2) is 4.94. The van der Waals surface area contributed by atoms with Crippen molar-refractivity contribution in [2.24, 2.45) is 0 Å². The molecule has 0 radical (unpaired) electrons. The van der Waals surface area contributed by atoms with E-state index in [9.17, 15) is 0 Å². The molecule has 0 unspecified atom stereocenters. The first kappa shape index (κ1) is 9.34. The number of hydrogen-bond donors (Lipinski definition) is 0. The smallest absolute Gasteiger partial charge is 0.598 e. The molecule has 0 amide bonds. The molecule has 5 heteroatoms. The first-order valence-electron chi connectivity index (χ1n) is 0.548. The zero-order valence-electron chi connectivity index (χ0n) is 2.38. The summed E-state index contributed by atoms with van der Waals surface area (Å²) in [5, 5.41) is 0. The second-order valence-corrected chi connectivity index (χ2v) is 0.671. The SMILES string of the molecule is O=[P+]([O-])[O-].[Cd+2]. The molecule has 0 saturated heterocycles. The van der Waals surface area contributed by atoms with Gasteiger partial charge in [0, 0.05) is 0 Å². The van der Waals surface area contributed by atoms with Gasteiger partial charge in [-0.05, 0) is 0 Å². The maximum absolute atomic E-state index is 8.48. The fourth-order valence-corrected chi connectivity index (χ4v) is 0. The van der Waals surface area contributed by atoms with E-state index >= 15 is 0 Å².